The Labute approximate surface area is 91.0 Å². The Balaban J connectivity index is 2.13. The number of ketones is 1. The van der Waals surface area contributed by atoms with E-state index >= 15 is 0 Å². The number of carbonyl (C=O) groups is 1. The van der Waals surface area contributed by atoms with Crippen molar-refractivity contribution >= 4 is 5.78 Å². The molecule has 0 bridgehead atoms. The van der Waals surface area contributed by atoms with Gasteiger partial charge < -0.3 is 4.74 Å². The van der Waals surface area contributed by atoms with Crippen LogP contribution in [0.25, 0.3) is 0 Å². The van der Waals surface area contributed by atoms with Crippen molar-refractivity contribution in [3.8, 4) is 0 Å². The molecule has 2 nitrogen and oxygen atoms in total. The molecule has 1 fully saturated rings. The van der Waals surface area contributed by atoms with E-state index in [1.165, 1.54) is 19.3 Å². The molecule has 0 spiro atoms. The van der Waals surface area contributed by atoms with Crippen LogP contribution < -0.4 is 0 Å². The van der Waals surface area contributed by atoms with Crippen LogP contribution in [0, 0.1) is 5.41 Å². The summed E-state index contributed by atoms with van der Waals surface area (Å²) >= 11 is 0. The van der Waals surface area contributed by atoms with Gasteiger partial charge in [0.2, 0.25) is 5.78 Å². The first-order valence-electron chi connectivity index (χ1n) is 5.74. The Bertz CT molecular complexity index is 338. The minimum Gasteiger partial charge on any atom is -0.485 e. The van der Waals surface area contributed by atoms with Gasteiger partial charge in [0.25, 0.3) is 0 Å². The van der Waals surface area contributed by atoms with Gasteiger partial charge >= 0.3 is 0 Å². The van der Waals surface area contributed by atoms with Crippen LogP contribution in [0.4, 0.5) is 0 Å². The van der Waals surface area contributed by atoms with Gasteiger partial charge in [-0.2, -0.15) is 0 Å². The summed E-state index contributed by atoms with van der Waals surface area (Å²) in [7, 11) is 0. The predicted octanol–water partition coefficient (Wildman–Crippen LogP) is 3.00. The van der Waals surface area contributed by atoms with E-state index in [1.807, 2.05) is 0 Å². The maximum Gasteiger partial charge on any atom is 0.203 e. The lowest BCUT2D eigenvalue weighted by Crippen LogP contribution is -2.17. The smallest absolute Gasteiger partial charge is 0.203 e. The second-order valence-electron chi connectivity index (χ2n) is 4.80. The number of carbonyl (C=O) groups excluding carboxylic acids is 1. The fourth-order valence-corrected chi connectivity index (χ4v) is 2.24. The van der Waals surface area contributed by atoms with Crippen LogP contribution >= 0.6 is 0 Å². The Morgan fingerprint density at radius 1 is 1.53 bits per heavy atom. The minimum atomic E-state index is 0.138. The summed E-state index contributed by atoms with van der Waals surface area (Å²) < 4.78 is 5.39. The molecule has 1 unspecified atom stereocenters. The second kappa shape index (κ2) is 3.84. The molecule has 1 aliphatic carbocycles. The fourth-order valence-electron chi connectivity index (χ4n) is 2.24. The van der Waals surface area contributed by atoms with Gasteiger partial charge in [-0.3, -0.25) is 4.79 Å². The number of unbranched alkanes of at least 4 members (excludes halogenated alkanes) is 1. The van der Waals surface area contributed by atoms with Crippen molar-refractivity contribution in [3.63, 3.8) is 0 Å². The minimum absolute atomic E-state index is 0.138. The highest BCUT2D eigenvalue weighted by molar-refractivity contribution is 6.02. The van der Waals surface area contributed by atoms with Crippen LogP contribution in [0.2, 0.25) is 0 Å². The summed E-state index contributed by atoms with van der Waals surface area (Å²) in [4.78, 5) is 11.4. The Morgan fingerprint density at radius 3 is 3.07 bits per heavy atom. The van der Waals surface area contributed by atoms with E-state index in [-0.39, 0.29) is 17.8 Å². The van der Waals surface area contributed by atoms with Gasteiger partial charge in [0.1, 0.15) is 5.76 Å². The maximum atomic E-state index is 11.4. The number of ether oxygens (including phenoxy) is 1. The molecule has 2 aliphatic rings. The first-order chi connectivity index (χ1) is 7.14. The predicted molar refractivity (Wildman–Crippen MR) is 59.4 cm³/mol. The lowest BCUT2D eigenvalue weighted by molar-refractivity contribution is -0.115. The number of rotatable bonds is 3. The summed E-state index contributed by atoms with van der Waals surface area (Å²) in [6.45, 7) is 4.69. The molecule has 1 aliphatic heterocycles. The topological polar surface area (TPSA) is 26.3 Å². The van der Waals surface area contributed by atoms with E-state index in [9.17, 15) is 4.79 Å². The van der Waals surface area contributed by atoms with Crippen LogP contribution in [-0.2, 0) is 9.53 Å². The van der Waals surface area contributed by atoms with E-state index < -0.39 is 0 Å². The van der Waals surface area contributed by atoms with Crippen molar-refractivity contribution in [2.45, 2.75) is 39.5 Å². The third kappa shape index (κ3) is 1.99. The quantitative estimate of drug-likeness (QED) is 0.709. The van der Waals surface area contributed by atoms with Crippen molar-refractivity contribution in [1.29, 1.82) is 0 Å². The molecule has 0 aromatic rings. The molecule has 0 N–H and O–H groups in total. The summed E-state index contributed by atoms with van der Waals surface area (Å²) in [5.41, 5.74) is 1.00. The van der Waals surface area contributed by atoms with Gasteiger partial charge in [0.15, 0.2) is 6.61 Å². The average Bonchev–Trinajstić information content (AvgIpc) is 2.57. The largest absolute Gasteiger partial charge is 0.485 e. The number of fused-ring (bicyclic) bond motifs is 1. The number of hydrogen-bond acceptors (Lipinski definition) is 2. The number of Topliss-reactive ketones (excluding diaryl/α,β-unsaturated/α-hetero) is 1. The Kier molecular flexibility index (Phi) is 2.68. The lowest BCUT2D eigenvalue weighted by atomic mass is 9.77. The second-order valence-corrected chi connectivity index (χ2v) is 4.80. The van der Waals surface area contributed by atoms with Crippen LogP contribution in [0.5, 0.6) is 0 Å². The third-order valence-corrected chi connectivity index (χ3v) is 3.28. The maximum absolute atomic E-state index is 11.4. The Morgan fingerprint density at radius 2 is 2.33 bits per heavy atom. The molecule has 1 heterocycles. The standard InChI is InChI=1S/C13H18O2/c1-3-4-6-13(2)7-5-10-11(14)9-15-12(10)8-13/h5,8H,3-4,6-7,9H2,1-2H3. The van der Waals surface area contributed by atoms with Gasteiger partial charge in [0, 0.05) is 0 Å². The SMILES string of the molecule is CCCCC1(C)C=C2OCC(=O)C2=CC1. The monoisotopic (exact) mass is 206 g/mol. The van der Waals surface area contributed by atoms with Gasteiger partial charge in [-0.1, -0.05) is 32.8 Å². The highest BCUT2D eigenvalue weighted by Crippen LogP contribution is 2.39. The van der Waals surface area contributed by atoms with Crippen molar-refractivity contribution in [1.82, 2.24) is 0 Å². The van der Waals surface area contributed by atoms with Gasteiger partial charge in [0.05, 0.1) is 5.57 Å². The molecule has 15 heavy (non-hydrogen) atoms. The van der Waals surface area contributed by atoms with Crippen molar-refractivity contribution in [2.75, 3.05) is 6.61 Å². The molecule has 0 amide bonds. The van der Waals surface area contributed by atoms with Gasteiger partial charge in [-0.05, 0) is 24.3 Å². The summed E-state index contributed by atoms with van der Waals surface area (Å²) in [6.07, 6.45) is 8.81. The van der Waals surface area contributed by atoms with Crippen LogP contribution in [0.3, 0.4) is 0 Å². The zero-order valence-electron chi connectivity index (χ0n) is 9.51. The molecule has 0 aromatic heterocycles. The molecule has 2 heteroatoms. The van der Waals surface area contributed by atoms with E-state index in [1.54, 1.807) is 0 Å². The van der Waals surface area contributed by atoms with Crippen molar-refractivity contribution in [2.24, 2.45) is 5.41 Å². The third-order valence-electron chi connectivity index (χ3n) is 3.28. The molecule has 1 atom stereocenters. The van der Waals surface area contributed by atoms with Crippen molar-refractivity contribution in [3.05, 3.63) is 23.5 Å². The summed E-state index contributed by atoms with van der Waals surface area (Å²) in [5.74, 6) is 0.962. The van der Waals surface area contributed by atoms with Crippen LogP contribution in [0.15, 0.2) is 23.5 Å². The normalized spacial score (nSPS) is 29.3. The molecular weight excluding hydrogens is 188 g/mol. The molecule has 0 saturated carbocycles. The van der Waals surface area contributed by atoms with Crippen LogP contribution in [0.1, 0.15) is 39.5 Å². The zero-order valence-corrected chi connectivity index (χ0v) is 9.51. The first kappa shape index (κ1) is 10.5. The summed E-state index contributed by atoms with van der Waals surface area (Å²) in [5, 5.41) is 0. The molecule has 1 saturated heterocycles. The lowest BCUT2D eigenvalue weighted by Gasteiger charge is -2.28. The molecular formula is C13H18O2. The van der Waals surface area contributed by atoms with Gasteiger partial charge in [-0.25, -0.2) is 0 Å². The number of hydrogen-bond donors (Lipinski definition) is 0. The van der Waals surface area contributed by atoms with Crippen molar-refractivity contribution < 1.29 is 9.53 Å². The molecule has 82 valence electrons. The van der Waals surface area contributed by atoms with E-state index in [2.05, 4.69) is 26.0 Å². The van der Waals surface area contributed by atoms with E-state index in [4.69, 9.17) is 4.74 Å². The average molecular weight is 206 g/mol. The highest BCUT2D eigenvalue weighted by Gasteiger charge is 2.33. The van der Waals surface area contributed by atoms with E-state index in [0.29, 0.717) is 0 Å². The number of allylic oxidation sites excluding steroid dienone is 3. The first-order valence-corrected chi connectivity index (χ1v) is 5.74. The molecule has 0 radical (unpaired) electrons. The van der Waals surface area contributed by atoms with E-state index in [0.717, 1.165) is 17.8 Å². The molecule has 2 rings (SSSR count). The van der Waals surface area contributed by atoms with Crippen LogP contribution in [-0.4, -0.2) is 12.4 Å². The highest BCUT2D eigenvalue weighted by atomic mass is 16.5. The summed E-state index contributed by atoms with van der Waals surface area (Å²) in [6, 6.07) is 0. The fraction of sp³-hybridized carbons (Fsp3) is 0.615. The Hall–Kier alpha value is -1.05. The zero-order chi connectivity index (χ0) is 10.9. The van der Waals surface area contributed by atoms with Gasteiger partial charge in [-0.15, -0.1) is 0 Å². The molecule has 0 aromatic carbocycles.